The Morgan fingerprint density at radius 1 is 1.33 bits per heavy atom. The SMILES string of the molecule is Cc1ccc(Nc2cccc(C(=O)N3CCC(C)(CN)C3)c2)nn1. The quantitative estimate of drug-likeness (QED) is 0.901. The molecule has 0 aliphatic carbocycles. The van der Waals surface area contributed by atoms with E-state index in [0.29, 0.717) is 24.5 Å². The molecule has 126 valence electrons. The number of likely N-dealkylation sites (tertiary alicyclic amines) is 1. The summed E-state index contributed by atoms with van der Waals surface area (Å²) in [5.41, 5.74) is 8.21. The van der Waals surface area contributed by atoms with Gasteiger partial charge in [-0.15, -0.1) is 5.10 Å². The van der Waals surface area contributed by atoms with E-state index in [0.717, 1.165) is 24.3 Å². The first-order valence-electron chi connectivity index (χ1n) is 8.16. The van der Waals surface area contributed by atoms with Crippen LogP contribution in [0.1, 0.15) is 29.4 Å². The first-order valence-corrected chi connectivity index (χ1v) is 8.16. The molecule has 6 heteroatoms. The molecule has 1 aromatic heterocycles. The van der Waals surface area contributed by atoms with Crippen LogP contribution < -0.4 is 11.1 Å². The molecule has 1 aromatic carbocycles. The summed E-state index contributed by atoms with van der Waals surface area (Å²) in [6, 6.07) is 11.2. The molecule has 0 saturated carbocycles. The Bertz CT molecular complexity index is 730. The van der Waals surface area contributed by atoms with Gasteiger partial charge < -0.3 is 16.0 Å². The van der Waals surface area contributed by atoms with Crippen LogP contribution >= 0.6 is 0 Å². The van der Waals surface area contributed by atoms with Crippen LogP contribution in [-0.2, 0) is 0 Å². The molecule has 1 aliphatic rings. The van der Waals surface area contributed by atoms with Crippen LogP contribution in [0.4, 0.5) is 11.5 Å². The molecule has 0 spiro atoms. The summed E-state index contributed by atoms with van der Waals surface area (Å²) in [5, 5.41) is 11.3. The summed E-state index contributed by atoms with van der Waals surface area (Å²) >= 11 is 0. The minimum absolute atomic E-state index is 0.0308. The lowest BCUT2D eigenvalue weighted by molar-refractivity contribution is 0.0777. The Hall–Kier alpha value is -2.47. The summed E-state index contributed by atoms with van der Waals surface area (Å²) < 4.78 is 0. The fourth-order valence-electron chi connectivity index (χ4n) is 2.89. The highest BCUT2D eigenvalue weighted by molar-refractivity contribution is 5.95. The summed E-state index contributed by atoms with van der Waals surface area (Å²) in [6.07, 6.45) is 0.951. The van der Waals surface area contributed by atoms with Crippen LogP contribution in [0.15, 0.2) is 36.4 Å². The summed E-state index contributed by atoms with van der Waals surface area (Å²) in [4.78, 5) is 14.6. The van der Waals surface area contributed by atoms with E-state index in [-0.39, 0.29) is 11.3 Å². The van der Waals surface area contributed by atoms with Gasteiger partial charge in [-0.3, -0.25) is 4.79 Å². The predicted octanol–water partition coefficient (Wildman–Crippen LogP) is 2.34. The molecular formula is C18H23N5O. The number of carbonyl (C=O) groups is 1. The lowest BCUT2D eigenvalue weighted by Crippen LogP contribution is -2.34. The second-order valence-electron chi connectivity index (χ2n) is 6.76. The second-order valence-corrected chi connectivity index (χ2v) is 6.76. The molecule has 1 unspecified atom stereocenters. The van der Waals surface area contributed by atoms with Gasteiger partial charge in [-0.25, -0.2) is 0 Å². The van der Waals surface area contributed by atoms with E-state index in [9.17, 15) is 4.79 Å². The first kappa shape index (κ1) is 16.4. The molecule has 0 radical (unpaired) electrons. The number of rotatable bonds is 4. The topological polar surface area (TPSA) is 84.1 Å². The van der Waals surface area contributed by atoms with Gasteiger partial charge >= 0.3 is 0 Å². The molecule has 2 aromatic rings. The van der Waals surface area contributed by atoms with E-state index in [4.69, 9.17) is 5.73 Å². The maximum absolute atomic E-state index is 12.7. The zero-order chi connectivity index (χ0) is 17.2. The number of carbonyl (C=O) groups excluding carboxylic acids is 1. The number of anilines is 2. The van der Waals surface area contributed by atoms with Gasteiger partial charge in [-0.2, -0.15) is 5.10 Å². The van der Waals surface area contributed by atoms with E-state index < -0.39 is 0 Å². The maximum Gasteiger partial charge on any atom is 0.253 e. The highest BCUT2D eigenvalue weighted by Gasteiger charge is 2.35. The van der Waals surface area contributed by atoms with Crippen LogP contribution in [-0.4, -0.2) is 40.6 Å². The van der Waals surface area contributed by atoms with Crippen molar-refractivity contribution in [3.63, 3.8) is 0 Å². The molecule has 1 fully saturated rings. The summed E-state index contributed by atoms with van der Waals surface area (Å²) in [6.45, 7) is 6.09. The molecule has 3 rings (SSSR count). The van der Waals surface area contributed by atoms with Crippen LogP contribution in [0.5, 0.6) is 0 Å². The fraction of sp³-hybridized carbons (Fsp3) is 0.389. The molecule has 6 nitrogen and oxygen atoms in total. The van der Waals surface area contributed by atoms with Crippen molar-refractivity contribution in [2.24, 2.45) is 11.1 Å². The third-order valence-corrected chi connectivity index (χ3v) is 4.52. The minimum atomic E-state index is 0.0308. The average Bonchev–Trinajstić information content (AvgIpc) is 3.00. The molecule has 1 saturated heterocycles. The van der Waals surface area contributed by atoms with Crippen LogP contribution in [0.3, 0.4) is 0 Å². The molecule has 1 aliphatic heterocycles. The highest BCUT2D eigenvalue weighted by Crippen LogP contribution is 2.29. The van der Waals surface area contributed by atoms with Gasteiger partial charge in [0.25, 0.3) is 5.91 Å². The predicted molar refractivity (Wildman–Crippen MR) is 94.2 cm³/mol. The van der Waals surface area contributed by atoms with Crippen molar-refractivity contribution in [3.8, 4) is 0 Å². The normalized spacial score (nSPS) is 20.2. The second kappa shape index (κ2) is 6.57. The van der Waals surface area contributed by atoms with Gasteiger partial charge in [0.2, 0.25) is 0 Å². The maximum atomic E-state index is 12.7. The summed E-state index contributed by atoms with van der Waals surface area (Å²) in [5.74, 6) is 0.702. The van der Waals surface area contributed by atoms with Gasteiger partial charge in [0, 0.05) is 24.3 Å². The monoisotopic (exact) mass is 325 g/mol. The number of nitrogens with one attached hydrogen (secondary N) is 1. The van der Waals surface area contributed by atoms with Gasteiger partial charge in [-0.05, 0) is 55.6 Å². The van der Waals surface area contributed by atoms with Crippen molar-refractivity contribution in [2.75, 3.05) is 25.0 Å². The molecule has 3 N–H and O–H groups in total. The van der Waals surface area contributed by atoms with E-state index in [1.165, 1.54) is 0 Å². The average molecular weight is 325 g/mol. The van der Waals surface area contributed by atoms with Crippen molar-refractivity contribution < 1.29 is 4.79 Å². The lowest BCUT2D eigenvalue weighted by Gasteiger charge is -2.22. The van der Waals surface area contributed by atoms with Crippen LogP contribution in [0.2, 0.25) is 0 Å². The van der Waals surface area contributed by atoms with Gasteiger partial charge in [0.1, 0.15) is 0 Å². The van der Waals surface area contributed by atoms with Crippen molar-refractivity contribution in [1.82, 2.24) is 15.1 Å². The number of hydrogen-bond donors (Lipinski definition) is 2. The molecular weight excluding hydrogens is 302 g/mol. The minimum Gasteiger partial charge on any atom is -0.339 e. The first-order chi connectivity index (χ1) is 11.5. The Kier molecular flexibility index (Phi) is 4.49. The molecule has 2 heterocycles. The lowest BCUT2D eigenvalue weighted by atomic mass is 9.90. The number of nitrogens with zero attached hydrogens (tertiary/aromatic N) is 3. The number of hydrogen-bond acceptors (Lipinski definition) is 5. The Morgan fingerprint density at radius 2 is 2.17 bits per heavy atom. The number of benzene rings is 1. The van der Waals surface area contributed by atoms with Crippen molar-refractivity contribution in [2.45, 2.75) is 20.3 Å². The Balaban J connectivity index is 1.73. The Morgan fingerprint density at radius 3 is 2.83 bits per heavy atom. The molecule has 24 heavy (non-hydrogen) atoms. The molecule has 1 atom stereocenters. The zero-order valence-corrected chi connectivity index (χ0v) is 14.1. The number of aromatic nitrogens is 2. The van der Waals surface area contributed by atoms with E-state index in [1.54, 1.807) is 0 Å². The van der Waals surface area contributed by atoms with E-state index in [2.05, 4.69) is 22.4 Å². The Labute approximate surface area is 142 Å². The van der Waals surface area contributed by atoms with Crippen molar-refractivity contribution in [3.05, 3.63) is 47.7 Å². The summed E-state index contributed by atoms with van der Waals surface area (Å²) in [7, 11) is 0. The largest absolute Gasteiger partial charge is 0.339 e. The molecule has 1 amide bonds. The smallest absolute Gasteiger partial charge is 0.253 e. The van der Waals surface area contributed by atoms with Crippen LogP contribution in [0.25, 0.3) is 0 Å². The number of amides is 1. The third kappa shape index (κ3) is 3.54. The standard InChI is InChI=1S/C18H23N5O/c1-13-6-7-16(22-21-13)20-15-5-3-4-14(10-15)17(24)23-9-8-18(2,11-19)12-23/h3-7,10H,8-9,11-12,19H2,1-2H3,(H,20,22). The van der Waals surface area contributed by atoms with Gasteiger partial charge in [-0.1, -0.05) is 13.0 Å². The zero-order valence-electron chi connectivity index (χ0n) is 14.1. The van der Waals surface area contributed by atoms with E-state index in [1.807, 2.05) is 48.2 Å². The van der Waals surface area contributed by atoms with Gasteiger partial charge in [0.05, 0.1) is 5.69 Å². The highest BCUT2D eigenvalue weighted by atomic mass is 16.2. The number of nitrogens with two attached hydrogens (primary N) is 1. The van der Waals surface area contributed by atoms with Crippen LogP contribution in [0, 0.1) is 12.3 Å². The molecule has 0 bridgehead atoms. The fourth-order valence-corrected chi connectivity index (χ4v) is 2.89. The third-order valence-electron chi connectivity index (χ3n) is 4.52. The van der Waals surface area contributed by atoms with Crippen molar-refractivity contribution in [1.29, 1.82) is 0 Å². The van der Waals surface area contributed by atoms with E-state index >= 15 is 0 Å². The number of aryl methyl sites for hydroxylation is 1. The van der Waals surface area contributed by atoms with Crippen molar-refractivity contribution >= 4 is 17.4 Å². The van der Waals surface area contributed by atoms with Gasteiger partial charge in [0.15, 0.2) is 5.82 Å².